The fourth-order valence-corrected chi connectivity index (χ4v) is 2.36. The van der Waals surface area contributed by atoms with Crippen LogP contribution in [0.25, 0.3) is 10.4 Å². The first kappa shape index (κ1) is 14.8. The molecule has 0 amide bonds. The van der Waals surface area contributed by atoms with Gasteiger partial charge in [0, 0.05) is 9.81 Å². The van der Waals surface area contributed by atoms with Crippen molar-refractivity contribution in [3.63, 3.8) is 0 Å². The third-order valence-electron chi connectivity index (χ3n) is 3.04. The lowest BCUT2D eigenvalue weighted by Gasteiger charge is -2.26. The van der Waals surface area contributed by atoms with E-state index in [0.717, 1.165) is 0 Å². The molecule has 0 aliphatic carbocycles. The third kappa shape index (κ3) is 2.59. The molecule has 0 saturated carbocycles. The Morgan fingerprint density at radius 1 is 1.17 bits per heavy atom. The van der Waals surface area contributed by atoms with Gasteiger partial charge in [-0.1, -0.05) is 16.2 Å². The molecule has 0 fully saturated rings. The zero-order valence-electron chi connectivity index (χ0n) is 10.2. The minimum atomic E-state index is -5.11. The first-order valence-corrected chi connectivity index (χ1v) is 5.68. The molecule has 0 unspecified atom stereocenters. The monoisotopic (exact) mass is 274 g/mol. The second-order valence-electron chi connectivity index (χ2n) is 4.08. The van der Waals surface area contributed by atoms with Crippen LogP contribution in [0.3, 0.4) is 0 Å². The van der Waals surface area contributed by atoms with Crippen molar-refractivity contribution < 1.29 is 12.9 Å². The van der Waals surface area contributed by atoms with Crippen LogP contribution in [-0.2, 0) is 6.54 Å². The summed E-state index contributed by atoms with van der Waals surface area (Å²) in [4.78, 5) is 2.88. The topological polar surface area (TPSA) is 48.8 Å². The smallest absolute Gasteiger partial charge is 0.445 e. The van der Waals surface area contributed by atoms with E-state index in [4.69, 9.17) is 5.53 Å². The molecule has 8 heteroatoms. The molecule has 0 spiro atoms. The van der Waals surface area contributed by atoms with Gasteiger partial charge >= 0.3 is 6.98 Å². The van der Waals surface area contributed by atoms with E-state index < -0.39 is 12.4 Å². The van der Waals surface area contributed by atoms with Gasteiger partial charge in [0.1, 0.15) is 0 Å². The fourth-order valence-electron chi connectivity index (χ4n) is 2.11. The van der Waals surface area contributed by atoms with Crippen molar-refractivity contribution in [2.24, 2.45) is 5.11 Å². The van der Waals surface area contributed by atoms with E-state index in [1.807, 2.05) is 0 Å². The predicted molar refractivity (Wildman–Crippen MR) is 69.5 cm³/mol. The molecule has 0 aromatic heterocycles. The predicted octanol–water partition coefficient (Wildman–Crippen LogP) is 3.77. The quantitative estimate of drug-likeness (QED) is 0.287. The Kier molecular flexibility index (Phi) is 4.24. The van der Waals surface area contributed by atoms with Crippen LogP contribution in [0.5, 0.6) is 0 Å². The highest BCUT2D eigenvalue weighted by atomic mass is 32.1. The Hall–Kier alpha value is -1.27. The molecule has 98 valence electrons. The number of hydrogen-bond donors (Lipinski definition) is 1. The van der Waals surface area contributed by atoms with Gasteiger partial charge in [-0.15, -0.1) is 18.1 Å². The van der Waals surface area contributed by atoms with Gasteiger partial charge in [0.25, 0.3) is 0 Å². The summed E-state index contributed by atoms with van der Waals surface area (Å²) in [7, 11) is 0. The van der Waals surface area contributed by atoms with Gasteiger partial charge in [-0.05, 0) is 37.4 Å². The number of azide groups is 1. The van der Waals surface area contributed by atoms with Gasteiger partial charge in [-0.2, -0.15) is 0 Å². The standard InChI is InChI=1S/C10H12BF3N3S/c1-5-8(4-16-17-15)6(2)10(18)7(3)9(5)11(12,13)14/h18H,4H2,1-3H3/q-1. The molecule has 0 N–H and O–H groups in total. The number of halogens is 3. The van der Waals surface area contributed by atoms with Gasteiger partial charge in [0.15, 0.2) is 0 Å². The maximum atomic E-state index is 13.0. The van der Waals surface area contributed by atoms with E-state index in [0.29, 0.717) is 16.0 Å². The maximum Gasteiger partial charge on any atom is 0.510 e. The molecule has 0 atom stereocenters. The first-order valence-electron chi connectivity index (χ1n) is 5.24. The minimum Gasteiger partial charge on any atom is -0.445 e. The molecular formula is C10H12BF3N3S-. The second kappa shape index (κ2) is 5.16. The molecule has 0 heterocycles. The largest absolute Gasteiger partial charge is 0.510 e. The van der Waals surface area contributed by atoms with E-state index in [-0.39, 0.29) is 17.7 Å². The molecule has 1 aromatic rings. The van der Waals surface area contributed by atoms with E-state index in [2.05, 4.69) is 22.7 Å². The summed E-state index contributed by atoms with van der Waals surface area (Å²) in [5, 5.41) is 3.34. The van der Waals surface area contributed by atoms with Crippen molar-refractivity contribution in [1.82, 2.24) is 0 Å². The maximum absolute atomic E-state index is 13.0. The van der Waals surface area contributed by atoms with E-state index >= 15 is 0 Å². The van der Waals surface area contributed by atoms with Crippen LogP contribution >= 0.6 is 12.6 Å². The Labute approximate surface area is 108 Å². The summed E-state index contributed by atoms with van der Waals surface area (Å²) in [6.07, 6.45) is 0. The van der Waals surface area contributed by atoms with Gasteiger partial charge in [0.05, 0.1) is 6.54 Å². The van der Waals surface area contributed by atoms with Crippen molar-refractivity contribution in [2.45, 2.75) is 32.2 Å². The lowest BCUT2D eigenvalue weighted by molar-refractivity contribution is 0.499. The number of hydrogen-bond acceptors (Lipinski definition) is 2. The Morgan fingerprint density at radius 3 is 2.17 bits per heavy atom. The highest BCUT2D eigenvalue weighted by Crippen LogP contribution is 2.28. The number of thiol groups is 1. The van der Waals surface area contributed by atoms with Crippen LogP contribution in [0.2, 0.25) is 0 Å². The van der Waals surface area contributed by atoms with Gasteiger partial charge in [-0.25, -0.2) is 0 Å². The molecule has 0 aliphatic heterocycles. The van der Waals surface area contributed by atoms with E-state index in [1.165, 1.54) is 13.8 Å². The lowest BCUT2D eigenvalue weighted by Crippen LogP contribution is -2.39. The molecule has 1 rings (SSSR count). The van der Waals surface area contributed by atoms with Crippen molar-refractivity contribution in [2.75, 3.05) is 0 Å². The van der Waals surface area contributed by atoms with Crippen LogP contribution in [0, 0.1) is 20.8 Å². The van der Waals surface area contributed by atoms with Crippen LogP contribution in [0.1, 0.15) is 22.3 Å². The molecule has 0 saturated heterocycles. The summed E-state index contributed by atoms with van der Waals surface area (Å²) in [5.74, 6) is 0. The summed E-state index contributed by atoms with van der Waals surface area (Å²) < 4.78 is 39.1. The SMILES string of the molecule is Cc1c(S)c(C)c([B-](F)(F)F)c(C)c1CN=[N+]=[N-]. The summed E-state index contributed by atoms with van der Waals surface area (Å²) in [6, 6.07) is 0. The normalized spacial score (nSPS) is 11.3. The van der Waals surface area contributed by atoms with Crippen molar-refractivity contribution >= 4 is 25.1 Å². The van der Waals surface area contributed by atoms with Crippen LogP contribution in [0.15, 0.2) is 10.0 Å². The van der Waals surface area contributed by atoms with Crippen molar-refractivity contribution in [3.05, 3.63) is 32.7 Å². The minimum absolute atomic E-state index is 0.0961. The molecule has 1 aromatic carbocycles. The zero-order chi connectivity index (χ0) is 14.1. The van der Waals surface area contributed by atoms with Crippen molar-refractivity contribution in [1.29, 1.82) is 0 Å². The van der Waals surface area contributed by atoms with Crippen LogP contribution in [0.4, 0.5) is 12.9 Å². The number of benzene rings is 1. The summed E-state index contributed by atoms with van der Waals surface area (Å²) >= 11 is 4.13. The van der Waals surface area contributed by atoms with E-state index in [9.17, 15) is 12.9 Å². The zero-order valence-corrected chi connectivity index (χ0v) is 11.1. The van der Waals surface area contributed by atoms with Crippen LogP contribution < -0.4 is 5.46 Å². The Morgan fingerprint density at radius 2 is 1.72 bits per heavy atom. The number of rotatable bonds is 3. The second-order valence-corrected chi connectivity index (χ2v) is 4.53. The highest BCUT2D eigenvalue weighted by molar-refractivity contribution is 7.80. The molecule has 3 nitrogen and oxygen atoms in total. The summed E-state index contributed by atoms with van der Waals surface area (Å²) in [6.45, 7) is -0.719. The molecule has 0 bridgehead atoms. The average molecular weight is 274 g/mol. The molecule has 18 heavy (non-hydrogen) atoms. The molecule has 0 aliphatic rings. The molecule has 0 radical (unpaired) electrons. The molecular weight excluding hydrogens is 262 g/mol. The van der Waals surface area contributed by atoms with Crippen LogP contribution in [-0.4, -0.2) is 6.98 Å². The fraction of sp³-hybridized carbons (Fsp3) is 0.400. The van der Waals surface area contributed by atoms with Gasteiger partial charge < -0.3 is 12.9 Å². The Balaban J connectivity index is 3.64. The summed E-state index contributed by atoms with van der Waals surface area (Å²) in [5.41, 5.74) is 8.94. The average Bonchev–Trinajstić information content (AvgIpc) is 2.24. The van der Waals surface area contributed by atoms with Crippen molar-refractivity contribution in [3.8, 4) is 0 Å². The third-order valence-corrected chi connectivity index (χ3v) is 3.71. The Bertz CT molecular complexity index is 536. The van der Waals surface area contributed by atoms with Gasteiger partial charge in [0.2, 0.25) is 0 Å². The van der Waals surface area contributed by atoms with Gasteiger partial charge in [-0.3, -0.25) is 0 Å². The first-order chi connectivity index (χ1) is 8.21. The number of nitrogens with zero attached hydrogens (tertiary/aromatic N) is 3. The highest BCUT2D eigenvalue weighted by Gasteiger charge is 2.31. The lowest BCUT2D eigenvalue weighted by atomic mass is 9.72. The van der Waals surface area contributed by atoms with E-state index in [1.54, 1.807) is 6.92 Å².